The van der Waals surface area contributed by atoms with Crippen LogP contribution in [0, 0.1) is 12.8 Å². The summed E-state index contributed by atoms with van der Waals surface area (Å²) in [5, 5.41) is 8.96. The first-order valence-corrected chi connectivity index (χ1v) is 8.22. The number of hydrogen-bond donors (Lipinski definition) is 1. The van der Waals surface area contributed by atoms with Gasteiger partial charge >= 0.3 is 5.97 Å². The van der Waals surface area contributed by atoms with Gasteiger partial charge in [0.15, 0.2) is 0 Å². The minimum atomic E-state index is -3.58. The molecule has 0 unspecified atom stereocenters. The van der Waals surface area contributed by atoms with Crippen molar-refractivity contribution in [2.75, 3.05) is 13.6 Å². The molecular weight excluding hydrogens is 286 g/mol. The topological polar surface area (TPSA) is 74.7 Å². The van der Waals surface area contributed by atoms with Crippen molar-refractivity contribution in [1.29, 1.82) is 0 Å². The van der Waals surface area contributed by atoms with E-state index in [-0.39, 0.29) is 9.09 Å². The molecule has 0 aromatic carbocycles. The number of thiophene rings is 1. The number of rotatable bonds is 6. The zero-order valence-electron chi connectivity index (χ0n) is 11.5. The van der Waals surface area contributed by atoms with Crippen LogP contribution in [0.5, 0.6) is 0 Å². The summed E-state index contributed by atoms with van der Waals surface area (Å²) in [4.78, 5) is 11.0. The maximum atomic E-state index is 12.3. The lowest BCUT2D eigenvalue weighted by atomic mass is 10.1. The fraction of sp³-hybridized carbons (Fsp3) is 0.583. The fourth-order valence-electron chi connectivity index (χ4n) is 1.51. The molecule has 0 fully saturated rings. The van der Waals surface area contributed by atoms with Crippen molar-refractivity contribution in [3.63, 3.8) is 0 Å². The standard InChI is InChI=1S/C12H19NO4S2/c1-8(2)5-6-13(4)19(16,17)10-7-9(3)11(18-10)12(14)15/h7-8H,5-6H2,1-4H3,(H,14,15). The molecule has 0 atom stereocenters. The van der Waals surface area contributed by atoms with E-state index in [4.69, 9.17) is 5.11 Å². The highest BCUT2D eigenvalue weighted by Gasteiger charge is 2.25. The summed E-state index contributed by atoms with van der Waals surface area (Å²) in [6.07, 6.45) is 0.770. The lowest BCUT2D eigenvalue weighted by Crippen LogP contribution is -2.28. The molecule has 0 spiro atoms. The van der Waals surface area contributed by atoms with Gasteiger partial charge in [-0.1, -0.05) is 13.8 Å². The molecule has 1 heterocycles. The second-order valence-corrected chi connectivity index (χ2v) is 8.22. The highest BCUT2D eigenvalue weighted by Crippen LogP contribution is 2.28. The number of hydrogen-bond acceptors (Lipinski definition) is 4. The first-order valence-electron chi connectivity index (χ1n) is 5.96. The Labute approximate surface area is 117 Å². The molecule has 5 nitrogen and oxygen atoms in total. The summed E-state index contributed by atoms with van der Waals surface area (Å²) in [5.41, 5.74) is 0.480. The minimum absolute atomic E-state index is 0.0795. The average molecular weight is 305 g/mol. The number of sulfonamides is 1. The van der Waals surface area contributed by atoms with Crippen molar-refractivity contribution in [3.8, 4) is 0 Å². The van der Waals surface area contributed by atoms with Crippen LogP contribution in [0.1, 0.15) is 35.5 Å². The molecule has 0 radical (unpaired) electrons. The van der Waals surface area contributed by atoms with Gasteiger partial charge in [0.05, 0.1) is 0 Å². The van der Waals surface area contributed by atoms with Gasteiger partial charge in [0, 0.05) is 13.6 Å². The van der Waals surface area contributed by atoms with Crippen LogP contribution in [-0.2, 0) is 10.0 Å². The molecule has 1 aromatic rings. The first-order chi connectivity index (χ1) is 8.66. The fourth-order valence-corrected chi connectivity index (χ4v) is 4.28. The van der Waals surface area contributed by atoms with Gasteiger partial charge in [0.1, 0.15) is 9.09 Å². The molecule has 0 bridgehead atoms. The van der Waals surface area contributed by atoms with Crippen LogP contribution in [0.25, 0.3) is 0 Å². The van der Waals surface area contributed by atoms with Crippen LogP contribution in [0.3, 0.4) is 0 Å². The summed E-state index contributed by atoms with van der Waals surface area (Å²) in [7, 11) is -2.06. The Balaban J connectivity index is 3.00. The van der Waals surface area contributed by atoms with Crippen molar-refractivity contribution in [2.45, 2.75) is 31.4 Å². The number of aromatic carboxylic acids is 1. The lowest BCUT2D eigenvalue weighted by molar-refractivity contribution is 0.0701. The summed E-state index contributed by atoms with van der Waals surface area (Å²) < 4.78 is 25.9. The molecule has 108 valence electrons. The quantitative estimate of drug-likeness (QED) is 0.876. The lowest BCUT2D eigenvalue weighted by Gasteiger charge is -2.16. The summed E-state index contributed by atoms with van der Waals surface area (Å²) in [5.74, 6) is -0.675. The Morgan fingerprint density at radius 1 is 1.47 bits per heavy atom. The third kappa shape index (κ3) is 3.77. The smallest absolute Gasteiger partial charge is 0.346 e. The zero-order valence-corrected chi connectivity index (χ0v) is 13.1. The third-order valence-electron chi connectivity index (χ3n) is 2.78. The van der Waals surface area contributed by atoms with Gasteiger partial charge in [0.25, 0.3) is 10.0 Å². The SMILES string of the molecule is Cc1cc(S(=O)(=O)N(C)CCC(C)C)sc1C(=O)O. The van der Waals surface area contributed by atoms with E-state index in [1.54, 1.807) is 6.92 Å². The van der Waals surface area contributed by atoms with Crippen LogP contribution in [0.2, 0.25) is 0 Å². The molecule has 0 saturated carbocycles. The molecule has 0 aliphatic carbocycles. The Morgan fingerprint density at radius 3 is 2.47 bits per heavy atom. The largest absolute Gasteiger partial charge is 0.477 e. The molecule has 0 aliphatic rings. The van der Waals surface area contributed by atoms with Crippen molar-refractivity contribution in [3.05, 3.63) is 16.5 Å². The Morgan fingerprint density at radius 2 is 2.05 bits per heavy atom. The summed E-state index contributed by atoms with van der Waals surface area (Å²) in [6.45, 7) is 6.09. The van der Waals surface area contributed by atoms with Gasteiger partial charge in [-0.2, -0.15) is 0 Å². The maximum absolute atomic E-state index is 12.3. The van der Waals surface area contributed by atoms with E-state index in [0.717, 1.165) is 17.8 Å². The molecule has 1 rings (SSSR count). The van der Waals surface area contributed by atoms with E-state index in [9.17, 15) is 13.2 Å². The van der Waals surface area contributed by atoms with Gasteiger partial charge < -0.3 is 5.11 Å². The minimum Gasteiger partial charge on any atom is -0.477 e. The molecule has 19 heavy (non-hydrogen) atoms. The zero-order chi connectivity index (χ0) is 14.8. The summed E-state index contributed by atoms with van der Waals surface area (Å²) >= 11 is 0.808. The average Bonchev–Trinajstić information content (AvgIpc) is 2.68. The normalized spacial score (nSPS) is 12.3. The molecule has 7 heteroatoms. The molecule has 0 saturated heterocycles. The van der Waals surface area contributed by atoms with Gasteiger partial charge in [-0.25, -0.2) is 17.5 Å². The second-order valence-electron chi connectivity index (χ2n) is 4.89. The Bertz CT molecular complexity index is 560. The van der Waals surface area contributed by atoms with Gasteiger partial charge in [-0.05, 0) is 30.9 Å². The monoisotopic (exact) mass is 305 g/mol. The van der Waals surface area contributed by atoms with Gasteiger partial charge in [0.2, 0.25) is 0 Å². The van der Waals surface area contributed by atoms with E-state index in [1.165, 1.54) is 17.4 Å². The number of aryl methyl sites for hydroxylation is 1. The van der Waals surface area contributed by atoms with Crippen LogP contribution in [0.4, 0.5) is 0 Å². The number of carboxylic acid groups (broad SMARTS) is 1. The van der Waals surface area contributed by atoms with Crippen molar-refractivity contribution in [1.82, 2.24) is 4.31 Å². The summed E-state index contributed by atoms with van der Waals surface area (Å²) in [6, 6.07) is 1.43. The predicted molar refractivity (Wildman–Crippen MR) is 75.3 cm³/mol. The van der Waals surface area contributed by atoms with Gasteiger partial charge in [-0.15, -0.1) is 11.3 Å². The van der Waals surface area contributed by atoms with Crippen LogP contribution < -0.4 is 0 Å². The maximum Gasteiger partial charge on any atom is 0.346 e. The predicted octanol–water partition coefficient (Wildman–Crippen LogP) is 2.42. The third-order valence-corrected chi connectivity index (χ3v) is 6.31. The van der Waals surface area contributed by atoms with Crippen molar-refractivity contribution in [2.24, 2.45) is 5.92 Å². The van der Waals surface area contributed by atoms with Crippen LogP contribution >= 0.6 is 11.3 Å². The first kappa shape index (κ1) is 16.1. The highest BCUT2D eigenvalue weighted by atomic mass is 32.2. The molecule has 1 N–H and O–H groups in total. The molecule has 0 aliphatic heterocycles. The second kappa shape index (κ2) is 6.02. The number of nitrogens with zero attached hydrogens (tertiary/aromatic N) is 1. The van der Waals surface area contributed by atoms with E-state index in [0.29, 0.717) is 18.0 Å². The van der Waals surface area contributed by atoms with Crippen LogP contribution in [-0.4, -0.2) is 37.4 Å². The number of carboxylic acids is 1. The Hall–Kier alpha value is -0.920. The van der Waals surface area contributed by atoms with E-state index >= 15 is 0 Å². The van der Waals surface area contributed by atoms with Crippen molar-refractivity contribution >= 4 is 27.3 Å². The highest BCUT2D eigenvalue weighted by molar-refractivity contribution is 7.91. The molecule has 0 amide bonds. The molecule has 1 aromatic heterocycles. The van der Waals surface area contributed by atoms with E-state index < -0.39 is 16.0 Å². The molecular formula is C12H19NO4S2. The number of carbonyl (C=O) groups is 1. The van der Waals surface area contributed by atoms with Crippen molar-refractivity contribution < 1.29 is 18.3 Å². The van der Waals surface area contributed by atoms with Crippen LogP contribution in [0.15, 0.2) is 10.3 Å². The Kier molecular flexibility index (Phi) is 5.11. The van der Waals surface area contributed by atoms with Gasteiger partial charge in [-0.3, -0.25) is 0 Å². The van der Waals surface area contributed by atoms with E-state index in [1.807, 2.05) is 13.8 Å². The van der Waals surface area contributed by atoms with E-state index in [2.05, 4.69) is 0 Å².